The van der Waals surface area contributed by atoms with Crippen molar-refractivity contribution in [1.29, 1.82) is 10.8 Å². The molecule has 4 N–H and O–H groups in total. The van der Waals surface area contributed by atoms with Gasteiger partial charge in [0.05, 0.1) is 18.4 Å². The van der Waals surface area contributed by atoms with Crippen molar-refractivity contribution in [2.75, 3.05) is 43.0 Å². The molecule has 0 unspecified atom stereocenters. The summed E-state index contributed by atoms with van der Waals surface area (Å²) in [7, 11) is 1.66. The summed E-state index contributed by atoms with van der Waals surface area (Å²) in [6, 6.07) is 6.81. The van der Waals surface area contributed by atoms with Crippen LogP contribution in [0.5, 0.6) is 0 Å². The van der Waals surface area contributed by atoms with Crippen molar-refractivity contribution >= 4 is 35.9 Å². The van der Waals surface area contributed by atoms with E-state index in [1.165, 1.54) is 15.9 Å². The first-order chi connectivity index (χ1) is 21.0. The number of amides is 1. The summed E-state index contributed by atoms with van der Waals surface area (Å²) in [6.45, 7) is 6.80. The van der Waals surface area contributed by atoms with E-state index in [1.807, 2.05) is 18.2 Å². The number of aromatic nitrogens is 1. The van der Waals surface area contributed by atoms with Gasteiger partial charge in [-0.1, -0.05) is 19.4 Å². The first kappa shape index (κ1) is 31.6. The summed E-state index contributed by atoms with van der Waals surface area (Å²) in [5.41, 5.74) is 7.21. The number of rotatable bonds is 11. The average Bonchev–Trinajstić information content (AvgIpc) is 3.32. The molecule has 1 aliphatic carbocycles. The van der Waals surface area contributed by atoms with Crippen LogP contribution >= 0.6 is 0 Å². The second-order valence-electron chi connectivity index (χ2n) is 12.2. The highest BCUT2D eigenvalue weighted by molar-refractivity contribution is 5.90. The van der Waals surface area contributed by atoms with Gasteiger partial charge in [0.25, 0.3) is 0 Å². The summed E-state index contributed by atoms with van der Waals surface area (Å²) in [5.74, 6) is 1.02. The number of nitrogens with two attached hydrogens (primary N) is 1. The van der Waals surface area contributed by atoms with Crippen LogP contribution in [0.2, 0.25) is 0 Å². The van der Waals surface area contributed by atoms with Crippen LogP contribution in [0, 0.1) is 10.8 Å². The minimum Gasteiger partial charge on any atom is -0.329 e. The van der Waals surface area contributed by atoms with Crippen LogP contribution in [-0.4, -0.2) is 66.6 Å². The van der Waals surface area contributed by atoms with E-state index in [-0.39, 0.29) is 31.0 Å². The summed E-state index contributed by atoms with van der Waals surface area (Å²) >= 11 is 0. The van der Waals surface area contributed by atoms with E-state index in [0.29, 0.717) is 47.8 Å². The number of amidine groups is 1. The van der Waals surface area contributed by atoms with Gasteiger partial charge in [0, 0.05) is 49.8 Å². The number of fused-ring (bicyclic) bond motifs is 1. The van der Waals surface area contributed by atoms with E-state index in [1.54, 1.807) is 11.9 Å². The number of halogens is 3. The van der Waals surface area contributed by atoms with E-state index in [0.717, 1.165) is 63.5 Å². The van der Waals surface area contributed by atoms with Crippen LogP contribution in [0.3, 0.4) is 0 Å². The number of likely N-dealkylation sites (tertiary alicyclic amines) is 1. The average molecular weight is 611 g/mol. The number of anilines is 2. The minimum atomic E-state index is -4.54. The van der Waals surface area contributed by atoms with Crippen molar-refractivity contribution in [1.82, 2.24) is 14.8 Å². The SMILES string of the molecule is C=C1c2cc(CN3CCCCC3)cc(C(F)(F)F)c2CN1c1cc(C2(CC(=N)N(C)C=N)CCC2)cc(N(C=O)CCN)n1. The van der Waals surface area contributed by atoms with Gasteiger partial charge >= 0.3 is 6.18 Å². The van der Waals surface area contributed by atoms with Crippen LogP contribution in [0.1, 0.15) is 72.8 Å². The van der Waals surface area contributed by atoms with Gasteiger partial charge < -0.3 is 15.5 Å². The van der Waals surface area contributed by atoms with Crippen molar-refractivity contribution in [3.63, 3.8) is 0 Å². The molecular formula is C32H41F3N8O. The molecule has 1 saturated heterocycles. The van der Waals surface area contributed by atoms with Gasteiger partial charge in [-0.15, -0.1) is 0 Å². The Balaban J connectivity index is 1.56. The summed E-state index contributed by atoms with van der Waals surface area (Å²) in [6.07, 6.45) is 3.35. The van der Waals surface area contributed by atoms with Gasteiger partial charge in [0.15, 0.2) is 0 Å². The zero-order valence-electron chi connectivity index (χ0n) is 25.2. The van der Waals surface area contributed by atoms with Crippen molar-refractivity contribution in [2.24, 2.45) is 5.73 Å². The lowest BCUT2D eigenvalue weighted by Crippen LogP contribution is -2.40. The number of carbonyl (C=O) groups is 1. The fourth-order valence-corrected chi connectivity index (χ4v) is 6.65. The molecule has 0 bridgehead atoms. The molecule has 12 heteroatoms. The molecule has 2 fully saturated rings. The summed E-state index contributed by atoms with van der Waals surface area (Å²) in [4.78, 5) is 23.6. The van der Waals surface area contributed by atoms with Crippen molar-refractivity contribution in [3.8, 4) is 0 Å². The van der Waals surface area contributed by atoms with Crippen molar-refractivity contribution in [2.45, 2.75) is 69.6 Å². The zero-order chi connectivity index (χ0) is 31.6. The lowest BCUT2D eigenvalue weighted by Gasteiger charge is -2.44. The number of nitrogens with one attached hydrogen (secondary N) is 2. The molecule has 1 aromatic carbocycles. The highest BCUT2D eigenvalue weighted by Crippen LogP contribution is 2.49. The highest BCUT2D eigenvalue weighted by Gasteiger charge is 2.42. The van der Waals surface area contributed by atoms with E-state index in [2.05, 4.69) is 11.5 Å². The number of hydrogen-bond donors (Lipinski definition) is 3. The Bertz CT molecular complexity index is 1430. The first-order valence-electron chi connectivity index (χ1n) is 15.2. The van der Waals surface area contributed by atoms with Gasteiger partial charge in [-0.3, -0.25) is 25.4 Å². The van der Waals surface area contributed by atoms with Crippen LogP contribution in [-0.2, 0) is 29.5 Å². The lowest BCUT2D eigenvalue weighted by atomic mass is 9.62. The van der Waals surface area contributed by atoms with Crippen LogP contribution in [0.4, 0.5) is 24.8 Å². The lowest BCUT2D eigenvalue weighted by molar-refractivity contribution is -0.138. The molecule has 9 nitrogen and oxygen atoms in total. The maximum absolute atomic E-state index is 14.5. The third kappa shape index (κ3) is 6.23. The number of pyridine rings is 1. The van der Waals surface area contributed by atoms with Crippen LogP contribution in [0.15, 0.2) is 30.8 Å². The van der Waals surface area contributed by atoms with E-state index in [4.69, 9.17) is 21.5 Å². The summed E-state index contributed by atoms with van der Waals surface area (Å²) in [5, 5.41) is 16.1. The Morgan fingerprint density at radius 1 is 1.16 bits per heavy atom. The molecule has 0 spiro atoms. The third-order valence-corrected chi connectivity index (χ3v) is 9.34. The number of alkyl halides is 3. The van der Waals surface area contributed by atoms with Crippen molar-refractivity contribution < 1.29 is 18.0 Å². The molecule has 3 aliphatic rings. The van der Waals surface area contributed by atoms with E-state index in [9.17, 15) is 18.0 Å². The first-order valence-corrected chi connectivity index (χ1v) is 15.2. The number of hydrogen-bond acceptors (Lipinski definition) is 7. The molecule has 1 saturated carbocycles. The van der Waals surface area contributed by atoms with Crippen molar-refractivity contribution in [3.05, 3.63) is 58.7 Å². The molecule has 2 aliphatic heterocycles. The van der Waals surface area contributed by atoms with Crippen LogP contribution in [0.25, 0.3) is 5.70 Å². The predicted molar refractivity (Wildman–Crippen MR) is 167 cm³/mol. The molecule has 2 aromatic rings. The molecule has 3 heterocycles. The second kappa shape index (κ2) is 12.7. The predicted octanol–water partition coefficient (Wildman–Crippen LogP) is 5.33. The zero-order valence-corrected chi connectivity index (χ0v) is 25.2. The molecule has 1 aromatic heterocycles. The van der Waals surface area contributed by atoms with E-state index >= 15 is 0 Å². The number of benzene rings is 1. The van der Waals surface area contributed by atoms with Gasteiger partial charge in [-0.05, 0) is 79.7 Å². The smallest absolute Gasteiger partial charge is 0.329 e. The molecule has 5 rings (SSSR count). The number of nitrogens with zero attached hydrogens (tertiary/aromatic N) is 5. The number of carbonyl (C=O) groups excluding carboxylic acids is 1. The molecule has 0 radical (unpaired) electrons. The Kier molecular flexibility index (Phi) is 9.12. The maximum atomic E-state index is 14.5. The van der Waals surface area contributed by atoms with Gasteiger partial charge in [0.2, 0.25) is 6.41 Å². The third-order valence-electron chi connectivity index (χ3n) is 9.34. The van der Waals surface area contributed by atoms with E-state index < -0.39 is 17.2 Å². The molecular weight excluding hydrogens is 569 g/mol. The maximum Gasteiger partial charge on any atom is 0.416 e. The standard InChI is InChI=1S/C32H41F3N8O/c1-22-25-13-23(18-41-10-4-3-5-11-41)14-27(32(33,34)35)26(25)19-43(22)30-16-24(15-29(39-30)42(21-44)12-9-36)31(7-6-8-31)17-28(38)40(2)20-37/h13-16,20-21,37-38H,1,3-12,17-19,36H2,2H3. The Morgan fingerprint density at radius 2 is 1.89 bits per heavy atom. The topological polar surface area (TPSA) is 117 Å². The molecule has 236 valence electrons. The number of piperidine rings is 1. The highest BCUT2D eigenvalue weighted by atomic mass is 19.4. The fourth-order valence-electron chi connectivity index (χ4n) is 6.65. The molecule has 1 amide bonds. The normalized spacial score (nSPS) is 18.0. The minimum absolute atomic E-state index is 0.0553. The Hall–Kier alpha value is -3.77. The Morgan fingerprint density at radius 3 is 2.48 bits per heavy atom. The fraction of sp³-hybridized carbons (Fsp3) is 0.500. The van der Waals surface area contributed by atoms with Gasteiger partial charge in [-0.25, -0.2) is 4.98 Å². The van der Waals surface area contributed by atoms with Gasteiger partial charge in [-0.2, -0.15) is 13.2 Å². The van der Waals surface area contributed by atoms with Crippen LogP contribution < -0.4 is 15.5 Å². The largest absolute Gasteiger partial charge is 0.416 e. The quantitative estimate of drug-likeness (QED) is 0.180. The second-order valence-corrected chi connectivity index (χ2v) is 12.2. The summed E-state index contributed by atoms with van der Waals surface area (Å²) < 4.78 is 43.4. The monoisotopic (exact) mass is 610 g/mol. The molecule has 44 heavy (non-hydrogen) atoms. The molecule has 0 atom stereocenters. The Labute approximate surface area is 256 Å². The van der Waals surface area contributed by atoms with Gasteiger partial charge in [0.1, 0.15) is 17.5 Å².